The van der Waals surface area contributed by atoms with E-state index in [1.165, 1.54) is 12.1 Å². The Kier molecular flexibility index (Phi) is 7.77. The molecule has 9 heteroatoms. The van der Waals surface area contributed by atoms with Gasteiger partial charge >= 0.3 is 11.9 Å². The maximum Gasteiger partial charge on any atom is 0.339 e. The second-order valence-electron chi connectivity index (χ2n) is 8.04. The summed E-state index contributed by atoms with van der Waals surface area (Å²) in [6.45, 7) is 8.19. The zero-order valence-corrected chi connectivity index (χ0v) is 18.9. The Balaban J connectivity index is 2.18. The molecule has 1 heterocycles. The van der Waals surface area contributed by atoms with Crippen LogP contribution in [-0.4, -0.2) is 36.1 Å². The fourth-order valence-electron chi connectivity index (χ4n) is 2.70. The van der Waals surface area contributed by atoms with Crippen molar-refractivity contribution in [3.63, 3.8) is 0 Å². The molecule has 1 aromatic carbocycles. The largest absolute Gasteiger partial charge is 0.465 e. The van der Waals surface area contributed by atoms with Crippen molar-refractivity contribution in [1.82, 2.24) is 0 Å². The zero-order valence-electron chi connectivity index (χ0n) is 17.2. The molecule has 1 aliphatic rings. The average Bonchev–Trinajstić information content (AvgIpc) is 3.12. The summed E-state index contributed by atoms with van der Waals surface area (Å²) in [5.74, 6) is -0.903. The highest BCUT2D eigenvalue weighted by atomic mass is 35.5. The molecule has 2 rings (SSSR count). The van der Waals surface area contributed by atoms with Crippen LogP contribution in [0.5, 0.6) is 5.75 Å². The fraction of sp³-hybridized carbons (Fsp3) is 0.600. The van der Waals surface area contributed by atoms with Crippen molar-refractivity contribution in [2.45, 2.75) is 51.5 Å². The molecule has 7 nitrogen and oxygen atoms in total. The van der Waals surface area contributed by atoms with Crippen LogP contribution in [0.3, 0.4) is 0 Å². The number of nitrogens with two attached hydrogens (primary N) is 1. The minimum Gasteiger partial charge on any atom is -0.465 e. The van der Waals surface area contributed by atoms with Gasteiger partial charge < -0.3 is 19.7 Å². The average molecular weight is 446 g/mol. The van der Waals surface area contributed by atoms with Crippen LogP contribution in [0.4, 0.5) is 0 Å². The van der Waals surface area contributed by atoms with Crippen LogP contribution in [0.15, 0.2) is 24.3 Å². The van der Waals surface area contributed by atoms with Crippen molar-refractivity contribution in [2.75, 3.05) is 13.2 Å². The molecule has 0 bridgehead atoms. The van der Waals surface area contributed by atoms with Crippen molar-refractivity contribution in [1.29, 1.82) is 0 Å². The Morgan fingerprint density at radius 1 is 1.07 bits per heavy atom. The summed E-state index contributed by atoms with van der Waals surface area (Å²) in [5, 5.41) is -1.60. The second-order valence-corrected chi connectivity index (χ2v) is 11.1. The number of carbonyl (C=O) groups is 2. The van der Waals surface area contributed by atoms with Gasteiger partial charge in [-0.15, -0.1) is 0 Å². The molecule has 0 radical (unpaired) electrons. The van der Waals surface area contributed by atoms with E-state index < -0.39 is 30.2 Å². The van der Waals surface area contributed by atoms with Crippen LogP contribution in [0.25, 0.3) is 0 Å². The van der Waals surface area contributed by atoms with E-state index in [2.05, 4.69) is 0 Å². The second kappa shape index (κ2) is 9.50. The van der Waals surface area contributed by atoms with Gasteiger partial charge in [-0.1, -0.05) is 39.3 Å². The van der Waals surface area contributed by atoms with Gasteiger partial charge in [0.1, 0.15) is 5.75 Å². The molecule has 3 atom stereocenters. The first-order valence-corrected chi connectivity index (χ1v) is 11.8. The van der Waals surface area contributed by atoms with Crippen LogP contribution in [0.2, 0.25) is 5.02 Å². The standard InChI is InChI=1S/C20H29ClNO6P/c1-13(2)9-11-26-18(23)17-20(22,19(24)27-12-10-14(3)4)29(17,25)28-16-7-5-15(21)6-8-16/h5-8,13-14,17H,9-12,22H2,1-4H3. The van der Waals surface area contributed by atoms with E-state index in [1.54, 1.807) is 12.1 Å². The van der Waals surface area contributed by atoms with E-state index in [-0.39, 0.29) is 19.0 Å². The first-order chi connectivity index (χ1) is 13.5. The first-order valence-electron chi connectivity index (χ1n) is 9.70. The molecule has 0 saturated carbocycles. The summed E-state index contributed by atoms with van der Waals surface area (Å²) in [7, 11) is -3.94. The quantitative estimate of drug-likeness (QED) is 0.424. The number of rotatable bonds is 10. The summed E-state index contributed by atoms with van der Waals surface area (Å²) in [6.07, 6.45) is 1.25. The van der Waals surface area contributed by atoms with Gasteiger partial charge in [-0.25, -0.2) is 4.79 Å². The molecule has 2 N–H and O–H groups in total. The lowest BCUT2D eigenvalue weighted by Crippen LogP contribution is -2.41. The predicted molar refractivity (Wildman–Crippen MR) is 111 cm³/mol. The summed E-state index contributed by atoms with van der Waals surface area (Å²) in [6, 6.07) is 6.07. The third-order valence-corrected chi connectivity index (χ3v) is 7.90. The lowest BCUT2D eigenvalue weighted by atomic mass is 10.1. The maximum absolute atomic E-state index is 13.5. The number of benzene rings is 1. The first kappa shape index (κ1) is 23.7. The number of hydrogen-bond donors (Lipinski definition) is 1. The van der Waals surface area contributed by atoms with Gasteiger partial charge in [0, 0.05) is 5.02 Å². The van der Waals surface area contributed by atoms with Crippen molar-refractivity contribution < 1.29 is 28.2 Å². The molecule has 1 aliphatic heterocycles. The SMILES string of the molecule is CC(C)CCOC(=O)C1C(N)(C(=O)OCCC(C)C)P1(=O)Oc1ccc(Cl)cc1. The minimum atomic E-state index is -3.94. The molecule has 0 aromatic heterocycles. The van der Waals surface area contributed by atoms with Crippen LogP contribution in [0.1, 0.15) is 40.5 Å². The van der Waals surface area contributed by atoms with Crippen LogP contribution in [0, 0.1) is 11.8 Å². The number of carbonyl (C=O) groups excluding carboxylic acids is 2. The molecule has 0 amide bonds. The monoisotopic (exact) mass is 445 g/mol. The smallest absolute Gasteiger partial charge is 0.339 e. The van der Waals surface area contributed by atoms with Gasteiger partial charge in [0.05, 0.1) is 13.2 Å². The van der Waals surface area contributed by atoms with E-state index in [4.69, 9.17) is 31.3 Å². The van der Waals surface area contributed by atoms with E-state index in [9.17, 15) is 14.2 Å². The Labute approximate surface area is 176 Å². The molecular weight excluding hydrogens is 417 g/mol. The highest BCUT2D eigenvalue weighted by Crippen LogP contribution is 2.80. The van der Waals surface area contributed by atoms with Gasteiger partial charge in [0.2, 0.25) is 5.28 Å². The molecule has 0 spiro atoms. The van der Waals surface area contributed by atoms with Crippen molar-refractivity contribution in [3.8, 4) is 5.75 Å². The molecule has 162 valence electrons. The Hall–Kier alpha value is -1.56. The lowest BCUT2D eigenvalue weighted by molar-refractivity contribution is -0.150. The van der Waals surface area contributed by atoms with Crippen molar-refractivity contribution in [2.24, 2.45) is 17.6 Å². The molecular formula is C20H29ClNO6P. The van der Waals surface area contributed by atoms with Crippen molar-refractivity contribution >= 4 is 30.9 Å². The highest BCUT2D eigenvalue weighted by Gasteiger charge is 2.86. The topological polar surface area (TPSA) is 105 Å². The molecule has 1 aromatic rings. The molecule has 1 saturated heterocycles. The predicted octanol–water partition coefficient (Wildman–Crippen LogP) is 4.21. The fourth-order valence-corrected chi connectivity index (χ4v) is 5.47. The number of hydrogen-bond acceptors (Lipinski definition) is 7. The van der Waals surface area contributed by atoms with Crippen LogP contribution in [-0.2, 0) is 23.6 Å². The Morgan fingerprint density at radius 3 is 2.10 bits per heavy atom. The third-order valence-electron chi connectivity index (χ3n) is 4.68. The van der Waals surface area contributed by atoms with Crippen LogP contribution >= 0.6 is 19.0 Å². The molecule has 29 heavy (non-hydrogen) atoms. The Bertz CT molecular complexity index is 782. The summed E-state index contributed by atoms with van der Waals surface area (Å²) >= 11 is 5.85. The third kappa shape index (κ3) is 5.33. The summed E-state index contributed by atoms with van der Waals surface area (Å²) in [5.41, 5.74) is 4.75. The van der Waals surface area contributed by atoms with E-state index in [0.29, 0.717) is 29.7 Å². The number of esters is 2. The molecule has 0 aliphatic carbocycles. The van der Waals surface area contributed by atoms with Gasteiger partial charge in [-0.2, -0.15) is 0 Å². The highest BCUT2D eigenvalue weighted by molar-refractivity contribution is 7.72. The normalized spacial score (nSPS) is 25.7. The maximum atomic E-state index is 13.5. The summed E-state index contributed by atoms with van der Waals surface area (Å²) in [4.78, 5) is 25.2. The van der Waals surface area contributed by atoms with Gasteiger partial charge in [-0.05, 0) is 48.9 Å². The zero-order chi connectivity index (χ0) is 21.8. The molecule has 1 fully saturated rings. The number of halogens is 1. The Morgan fingerprint density at radius 2 is 1.59 bits per heavy atom. The van der Waals surface area contributed by atoms with E-state index in [1.807, 2.05) is 27.7 Å². The minimum absolute atomic E-state index is 0.117. The number of ether oxygens (including phenoxy) is 2. The van der Waals surface area contributed by atoms with Crippen molar-refractivity contribution in [3.05, 3.63) is 29.3 Å². The van der Waals surface area contributed by atoms with Crippen LogP contribution < -0.4 is 10.3 Å². The van der Waals surface area contributed by atoms with Gasteiger partial charge in [0.15, 0.2) is 5.66 Å². The molecule has 3 unspecified atom stereocenters. The lowest BCUT2D eigenvalue weighted by Gasteiger charge is -2.12. The van der Waals surface area contributed by atoms with E-state index in [0.717, 1.165) is 0 Å². The van der Waals surface area contributed by atoms with Gasteiger partial charge in [0.25, 0.3) is 7.37 Å². The van der Waals surface area contributed by atoms with E-state index >= 15 is 0 Å². The van der Waals surface area contributed by atoms with Gasteiger partial charge in [-0.3, -0.25) is 9.36 Å². The summed E-state index contributed by atoms with van der Waals surface area (Å²) < 4.78 is 29.5.